The quantitative estimate of drug-likeness (QED) is 0.0573. The van der Waals surface area contributed by atoms with Crippen LogP contribution in [0.2, 0.25) is 0 Å². The molecule has 0 unspecified atom stereocenters. The molecule has 0 bridgehead atoms. The van der Waals surface area contributed by atoms with Crippen LogP contribution in [0.25, 0.3) is 0 Å². The van der Waals surface area contributed by atoms with E-state index in [1.165, 1.54) is 48.5 Å². The maximum absolute atomic E-state index is 12.8. The number of hydrogen-bond acceptors (Lipinski definition) is 10. The third kappa shape index (κ3) is 11.8. The minimum atomic E-state index is -0.809. The van der Waals surface area contributed by atoms with E-state index >= 15 is 0 Å². The zero-order valence-electron chi connectivity index (χ0n) is 28.2. The van der Waals surface area contributed by atoms with Gasteiger partial charge in [-0.15, -0.1) is 0 Å². The summed E-state index contributed by atoms with van der Waals surface area (Å²) in [4.78, 5) is 63.1. The first-order chi connectivity index (χ1) is 25.3. The molecule has 0 atom stereocenters. The van der Waals surface area contributed by atoms with Gasteiger partial charge in [-0.1, -0.05) is 78.9 Å². The van der Waals surface area contributed by atoms with Crippen LogP contribution in [0.3, 0.4) is 0 Å². The first kappa shape index (κ1) is 36.7. The molecule has 52 heavy (non-hydrogen) atoms. The zero-order valence-corrected chi connectivity index (χ0v) is 28.2. The third-order valence-electron chi connectivity index (χ3n) is 7.69. The lowest BCUT2D eigenvalue weighted by atomic mass is 10.1. The summed E-state index contributed by atoms with van der Waals surface area (Å²) in [5.41, 5.74) is 2.63. The van der Waals surface area contributed by atoms with Crippen LogP contribution in [0, 0.1) is 0 Å². The number of ether oxygens (including phenoxy) is 5. The normalized spacial score (nSPS) is 10.6. The van der Waals surface area contributed by atoms with Crippen molar-refractivity contribution in [3.63, 3.8) is 0 Å². The fourth-order valence-electron chi connectivity index (χ4n) is 4.91. The molecule has 0 saturated carbocycles. The average Bonchev–Trinajstić information content (AvgIpc) is 3.18. The van der Waals surface area contributed by atoms with Gasteiger partial charge in [-0.2, -0.15) is 0 Å². The summed E-state index contributed by atoms with van der Waals surface area (Å²) in [5.74, 6) is -2.37. The van der Waals surface area contributed by atoms with Crippen molar-refractivity contribution in [2.24, 2.45) is 0 Å². The Balaban J connectivity index is 1.10. The highest BCUT2D eigenvalue weighted by Crippen LogP contribution is 2.19. The summed E-state index contributed by atoms with van der Waals surface area (Å²) >= 11 is 0. The van der Waals surface area contributed by atoms with Gasteiger partial charge in [-0.05, 0) is 84.6 Å². The van der Waals surface area contributed by atoms with Gasteiger partial charge in [0.2, 0.25) is 0 Å². The standard InChI is InChI=1S/C42H36O10/c43-38(50-35-20-16-33(17-21-35)40(45)48-28-30-10-4-1-5-11-30)26-24-37(52-42(47)32-14-8-3-9-15-32)25-27-39(44)51-36-22-18-34(19-23-36)41(46)49-29-31-12-6-2-7-13-31/h1-23,37H,24-29H2. The molecule has 0 aromatic heterocycles. The summed E-state index contributed by atoms with van der Waals surface area (Å²) in [6.07, 6.45) is -0.895. The van der Waals surface area contributed by atoms with Crippen LogP contribution >= 0.6 is 0 Å². The van der Waals surface area contributed by atoms with Gasteiger partial charge in [0.25, 0.3) is 0 Å². The van der Waals surface area contributed by atoms with Crippen molar-refractivity contribution >= 4 is 29.8 Å². The number of hydrogen-bond donors (Lipinski definition) is 0. The predicted octanol–water partition coefficient (Wildman–Crippen LogP) is 7.70. The van der Waals surface area contributed by atoms with E-state index in [2.05, 4.69) is 0 Å². The first-order valence-corrected chi connectivity index (χ1v) is 16.6. The van der Waals surface area contributed by atoms with E-state index in [1.54, 1.807) is 30.3 Å². The van der Waals surface area contributed by atoms with Crippen molar-refractivity contribution < 1.29 is 47.7 Å². The van der Waals surface area contributed by atoms with E-state index in [9.17, 15) is 24.0 Å². The molecule has 264 valence electrons. The number of carbonyl (C=O) groups is 5. The van der Waals surface area contributed by atoms with E-state index in [4.69, 9.17) is 23.7 Å². The summed E-state index contributed by atoms with van der Waals surface area (Å²) in [6.45, 7) is 0.260. The molecular formula is C42H36O10. The van der Waals surface area contributed by atoms with Gasteiger partial charge < -0.3 is 23.7 Å². The monoisotopic (exact) mass is 700 g/mol. The van der Waals surface area contributed by atoms with Crippen molar-refractivity contribution in [2.45, 2.75) is 45.0 Å². The van der Waals surface area contributed by atoms with Gasteiger partial charge in [0, 0.05) is 12.8 Å². The Morgan fingerprint density at radius 1 is 0.423 bits per heavy atom. The van der Waals surface area contributed by atoms with Crippen LogP contribution in [0.4, 0.5) is 0 Å². The second-order valence-electron chi connectivity index (χ2n) is 11.6. The van der Waals surface area contributed by atoms with Gasteiger partial charge in [0.1, 0.15) is 30.8 Å². The van der Waals surface area contributed by atoms with Crippen LogP contribution in [0.5, 0.6) is 11.5 Å². The van der Waals surface area contributed by atoms with E-state index in [0.29, 0.717) is 16.7 Å². The van der Waals surface area contributed by atoms with Crippen LogP contribution < -0.4 is 9.47 Å². The summed E-state index contributed by atoms with van der Waals surface area (Å²) in [7, 11) is 0. The topological polar surface area (TPSA) is 132 Å². The van der Waals surface area contributed by atoms with Crippen LogP contribution in [0.15, 0.2) is 140 Å². The highest BCUT2D eigenvalue weighted by atomic mass is 16.6. The lowest BCUT2D eigenvalue weighted by Crippen LogP contribution is -2.22. The van der Waals surface area contributed by atoms with E-state index < -0.39 is 36.0 Å². The fourth-order valence-corrected chi connectivity index (χ4v) is 4.91. The molecule has 0 N–H and O–H groups in total. The molecule has 0 radical (unpaired) electrons. The molecule has 0 aliphatic rings. The molecular weight excluding hydrogens is 664 g/mol. The van der Waals surface area contributed by atoms with Gasteiger partial charge in [0.05, 0.1) is 16.7 Å². The summed E-state index contributed by atoms with van der Waals surface area (Å²) < 4.78 is 27.2. The van der Waals surface area contributed by atoms with Crippen molar-refractivity contribution in [1.82, 2.24) is 0 Å². The van der Waals surface area contributed by atoms with Gasteiger partial charge in [0.15, 0.2) is 0 Å². The van der Waals surface area contributed by atoms with Gasteiger partial charge >= 0.3 is 29.8 Å². The second-order valence-corrected chi connectivity index (χ2v) is 11.6. The first-order valence-electron chi connectivity index (χ1n) is 16.6. The maximum Gasteiger partial charge on any atom is 0.338 e. The molecule has 0 heterocycles. The smallest absolute Gasteiger partial charge is 0.338 e. The molecule has 5 rings (SSSR count). The highest BCUT2D eigenvalue weighted by molar-refractivity contribution is 5.90. The number of esters is 5. The third-order valence-corrected chi connectivity index (χ3v) is 7.69. The Hall–Kier alpha value is -6.55. The highest BCUT2D eigenvalue weighted by Gasteiger charge is 2.21. The minimum absolute atomic E-state index is 0.0778. The molecule has 0 fully saturated rings. The number of benzene rings is 5. The van der Waals surface area contributed by atoms with Crippen molar-refractivity contribution in [1.29, 1.82) is 0 Å². The Morgan fingerprint density at radius 3 is 1.19 bits per heavy atom. The molecule has 10 nitrogen and oxygen atoms in total. The Labute approximate surface area is 300 Å². The Bertz CT molecular complexity index is 1810. The van der Waals surface area contributed by atoms with Gasteiger partial charge in [-0.3, -0.25) is 9.59 Å². The molecule has 0 aliphatic heterocycles. The Morgan fingerprint density at radius 2 is 0.788 bits per heavy atom. The second kappa shape index (κ2) is 19.0. The van der Waals surface area contributed by atoms with E-state index in [1.807, 2.05) is 60.7 Å². The molecule has 0 amide bonds. The molecule has 0 spiro atoms. The predicted molar refractivity (Wildman–Crippen MR) is 189 cm³/mol. The SMILES string of the molecule is O=C(CCC(CCC(=O)Oc1ccc(C(=O)OCc2ccccc2)cc1)OC(=O)c1ccccc1)Oc1ccc(C(=O)OCc2ccccc2)cc1. The summed E-state index contributed by atoms with van der Waals surface area (Å²) in [6, 6.07) is 38.9. The molecule has 5 aromatic carbocycles. The van der Waals surface area contributed by atoms with Crippen LogP contribution in [-0.2, 0) is 37.0 Å². The van der Waals surface area contributed by atoms with Gasteiger partial charge in [-0.25, -0.2) is 14.4 Å². The maximum atomic E-state index is 12.8. The van der Waals surface area contributed by atoms with E-state index in [0.717, 1.165) is 11.1 Å². The molecule has 0 saturated heterocycles. The Kier molecular flexibility index (Phi) is 13.4. The molecule has 0 aliphatic carbocycles. The van der Waals surface area contributed by atoms with Crippen molar-refractivity contribution in [3.05, 3.63) is 167 Å². The number of rotatable bonds is 16. The molecule has 10 heteroatoms. The van der Waals surface area contributed by atoms with Crippen molar-refractivity contribution in [3.8, 4) is 11.5 Å². The van der Waals surface area contributed by atoms with Crippen LogP contribution in [0.1, 0.15) is 67.9 Å². The van der Waals surface area contributed by atoms with Crippen molar-refractivity contribution in [2.75, 3.05) is 0 Å². The average molecular weight is 701 g/mol. The lowest BCUT2D eigenvalue weighted by molar-refractivity contribution is -0.135. The van der Waals surface area contributed by atoms with E-state index in [-0.39, 0.29) is 50.4 Å². The largest absolute Gasteiger partial charge is 0.459 e. The number of carbonyl (C=O) groups excluding carboxylic acids is 5. The minimum Gasteiger partial charge on any atom is -0.459 e. The fraction of sp³-hybridized carbons (Fsp3) is 0.167. The lowest BCUT2D eigenvalue weighted by Gasteiger charge is -2.17. The summed E-state index contributed by atoms with van der Waals surface area (Å²) in [5, 5.41) is 0. The van der Waals surface area contributed by atoms with Crippen LogP contribution in [-0.4, -0.2) is 36.0 Å². The molecule has 5 aromatic rings. The zero-order chi connectivity index (χ0) is 36.5.